The Labute approximate surface area is 118 Å². The van der Waals surface area contributed by atoms with Crippen molar-refractivity contribution in [2.45, 2.75) is 13.0 Å². The molecule has 1 unspecified atom stereocenters. The van der Waals surface area contributed by atoms with Gasteiger partial charge in [-0.1, -0.05) is 36.4 Å². The van der Waals surface area contributed by atoms with Crippen LogP contribution in [0.5, 0.6) is 0 Å². The zero-order chi connectivity index (χ0) is 15.0. The lowest BCUT2D eigenvalue weighted by Gasteiger charge is -2.15. The number of ether oxygens (including phenoxy) is 2. The van der Waals surface area contributed by atoms with Gasteiger partial charge < -0.3 is 9.47 Å². The number of esters is 2. The minimum atomic E-state index is -0.567. The van der Waals surface area contributed by atoms with Crippen molar-refractivity contribution in [2.75, 3.05) is 20.8 Å². The van der Waals surface area contributed by atoms with Crippen LogP contribution in [0.1, 0.15) is 18.5 Å². The van der Waals surface area contributed by atoms with Crippen LogP contribution in [0.3, 0.4) is 0 Å². The molecule has 0 bridgehead atoms. The average Bonchev–Trinajstić information content (AvgIpc) is 2.50. The quantitative estimate of drug-likeness (QED) is 0.632. The van der Waals surface area contributed by atoms with Gasteiger partial charge in [0.15, 0.2) is 0 Å². The SMILES string of the molecule is COC(=O)/C(C)=C\CNC(C(=O)OC)c1ccccc1. The Hall–Kier alpha value is -2.14. The summed E-state index contributed by atoms with van der Waals surface area (Å²) in [5, 5.41) is 3.04. The highest BCUT2D eigenvalue weighted by Crippen LogP contribution is 2.13. The molecule has 0 aromatic heterocycles. The molecule has 0 aliphatic rings. The number of benzene rings is 1. The molecular formula is C15H19NO4. The van der Waals surface area contributed by atoms with Gasteiger partial charge in [-0.3, -0.25) is 5.32 Å². The molecule has 108 valence electrons. The summed E-state index contributed by atoms with van der Waals surface area (Å²) in [6.45, 7) is 2.01. The number of nitrogens with one attached hydrogen (secondary N) is 1. The van der Waals surface area contributed by atoms with Crippen LogP contribution < -0.4 is 5.32 Å². The topological polar surface area (TPSA) is 64.6 Å². The van der Waals surface area contributed by atoms with Gasteiger partial charge in [0.25, 0.3) is 0 Å². The maximum absolute atomic E-state index is 11.8. The first-order valence-electron chi connectivity index (χ1n) is 6.21. The lowest BCUT2D eigenvalue weighted by Crippen LogP contribution is -2.30. The third kappa shape index (κ3) is 4.51. The van der Waals surface area contributed by atoms with Crippen molar-refractivity contribution in [2.24, 2.45) is 0 Å². The molecule has 0 amide bonds. The van der Waals surface area contributed by atoms with Gasteiger partial charge >= 0.3 is 11.9 Å². The van der Waals surface area contributed by atoms with Crippen LogP contribution in [0.25, 0.3) is 0 Å². The Morgan fingerprint density at radius 1 is 1.20 bits per heavy atom. The van der Waals surface area contributed by atoms with Gasteiger partial charge in [-0.2, -0.15) is 0 Å². The lowest BCUT2D eigenvalue weighted by atomic mass is 10.1. The molecule has 0 aliphatic heterocycles. The third-order valence-electron chi connectivity index (χ3n) is 2.81. The van der Waals surface area contributed by atoms with Gasteiger partial charge in [-0.05, 0) is 12.5 Å². The fourth-order valence-corrected chi connectivity index (χ4v) is 1.67. The molecule has 5 nitrogen and oxygen atoms in total. The monoisotopic (exact) mass is 277 g/mol. The van der Waals surface area contributed by atoms with Crippen molar-refractivity contribution in [3.63, 3.8) is 0 Å². The Morgan fingerprint density at radius 3 is 2.40 bits per heavy atom. The summed E-state index contributed by atoms with van der Waals surface area (Å²) in [6.07, 6.45) is 1.67. The number of methoxy groups -OCH3 is 2. The van der Waals surface area contributed by atoms with Gasteiger partial charge in [0.1, 0.15) is 6.04 Å². The Kier molecular flexibility index (Phi) is 6.46. The first-order chi connectivity index (χ1) is 9.60. The second-order valence-electron chi connectivity index (χ2n) is 4.15. The van der Waals surface area contributed by atoms with E-state index in [1.807, 2.05) is 30.3 Å². The second-order valence-corrected chi connectivity index (χ2v) is 4.15. The van der Waals surface area contributed by atoms with Gasteiger partial charge in [0.05, 0.1) is 14.2 Å². The zero-order valence-corrected chi connectivity index (χ0v) is 11.9. The number of hydrogen-bond donors (Lipinski definition) is 1. The van der Waals surface area contributed by atoms with E-state index >= 15 is 0 Å². The minimum absolute atomic E-state index is 0.357. The summed E-state index contributed by atoms with van der Waals surface area (Å²) in [6, 6.07) is 8.68. The van der Waals surface area contributed by atoms with E-state index in [9.17, 15) is 9.59 Å². The molecule has 1 atom stereocenters. The molecule has 0 saturated carbocycles. The first kappa shape index (κ1) is 15.9. The Bertz CT molecular complexity index is 482. The van der Waals surface area contributed by atoms with Crippen LogP contribution in [-0.4, -0.2) is 32.7 Å². The molecular weight excluding hydrogens is 258 g/mol. The van der Waals surface area contributed by atoms with E-state index in [1.165, 1.54) is 14.2 Å². The maximum Gasteiger partial charge on any atom is 0.333 e. The number of carbonyl (C=O) groups excluding carboxylic acids is 2. The van der Waals surface area contributed by atoms with Crippen LogP contribution in [0, 0.1) is 0 Å². The second kappa shape index (κ2) is 8.12. The lowest BCUT2D eigenvalue weighted by molar-refractivity contribution is -0.143. The van der Waals surface area contributed by atoms with Gasteiger partial charge in [-0.15, -0.1) is 0 Å². The van der Waals surface area contributed by atoms with Crippen molar-refractivity contribution in [3.05, 3.63) is 47.5 Å². The molecule has 1 aromatic carbocycles. The highest BCUT2D eigenvalue weighted by atomic mass is 16.5. The minimum Gasteiger partial charge on any atom is -0.468 e. The van der Waals surface area contributed by atoms with E-state index < -0.39 is 6.04 Å². The zero-order valence-electron chi connectivity index (χ0n) is 11.9. The molecule has 5 heteroatoms. The average molecular weight is 277 g/mol. The standard InChI is InChI=1S/C15H19NO4/c1-11(14(17)19-2)9-10-16-13(15(18)20-3)12-7-5-4-6-8-12/h4-9,13,16H,10H2,1-3H3/b11-9-. The third-order valence-corrected chi connectivity index (χ3v) is 2.81. The molecule has 0 spiro atoms. The molecule has 0 heterocycles. The van der Waals surface area contributed by atoms with Crippen molar-refractivity contribution in [1.29, 1.82) is 0 Å². The predicted octanol–water partition coefficient (Wildman–Crippen LogP) is 1.61. The molecule has 1 rings (SSSR count). The van der Waals surface area contributed by atoms with Crippen molar-refractivity contribution >= 4 is 11.9 Å². The van der Waals surface area contributed by atoms with Crippen molar-refractivity contribution in [1.82, 2.24) is 5.32 Å². The smallest absolute Gasteiger partial charge is 0.333 e. The fourth-order valence-electron chi connectivity index (χ4n) is 1.67. The van der Waals surface area contributed by atoms with E-state index in [-0.39, 0.29) is 11.9 Å². The summed E-state index contributed by atoms with van der Waals surface area (Å²) >= 11 is 0. The summed E-state index contributed by atoms with van der Waals surface area (Å²) in [5.74, 6) is -0.763. The first-order valence-corrected chi connectivity index (χ1v) is 6.21. The van der Waals surface area contributed by atoms with Crippen LogP contribution in [-0.2, 0) is 19.1 Å². The van der Waals surface area contributed by atoms with Gasteiger partial charge in [0, 0.05) is 12.1 Å². The van der Waals surface area contributed by atoms with Crippen LogP contribution in [0.2, 0.25) is 0 Å². The maximum atomic E-state index is 11.8. The number of rotatable bonds is 6. The largest absolute Gasteiger partial charge is 0.468 e. The van der Waals surface area contributed by atoms with Crippen LogP contribution >= 0.6 is 0 Å². The van der Waals surface area contributed by atoms with Crippen LogP contribution in [0.15, 0.2) is 42.0 Å². The predicted molar refractivity (Wildman–Crippen MR) is 75.0 cm³/mol. The molecule has 0 saturated heterocycles. The highest BCUT2D eigenvalue weighted by molar-refractivity contribution is 5.87. The normalized spacial score (nSPS) is 12.7. The van der Waals surface area contributed by atoms with Crippen molar-refractivity contribution in [3.8, 4) is 0 Å². The summed E-state index contributed by atoms with van der Waals surface area (Å²) < 4.78 is 9.38. The summed E-state index contributed by atoms with van der Waals surface area (Å²) in [5.41, 5.74) is 1.29. The molecule has 0 aliphatic carbocycles. The molecule has 1 aromatic rings. The highest BCUT2D eigenvalue weighted by Gasteiger charge is 2.19. The van der Waals surface area contributed by atoms with E-state index in [0.29, 0.717) is 12.1 Å². The summed E-state index contributed by atoms with van der Waals surface area (Å²) in [7, 11) is 2.67. The Morgan fingerprint density at radius 2 is 1.85 bits per heavy atom. The molecule has 0 fully saturated rings. The molecule has 0 radical (unpaired) electrons. The van der Waals surface area contributed by atoms with E-state index in [0.717, 1.165) is 5.56 Å². The van der Waals surface area contributed by atoms with Crippen LogP contribution in [0.4, 0.5) is 0 Å². The number of hydrogen-bond acceptors (Lipinski definition) is 5. The Balaban J connectivity index is 2.73. The van der Waals surface area contributed by atoms with Gasteiger partial charge in [-0.25, -0.2) is 9.59 Å². The van der Waals surface area contributed by atoms with E-state index in [2.05, 4.69) is 10.1 Å². The van der Waals surface area contributed by atoms with Crippen molar-refractivity contribution < 1.29 is 19.1 Å². The summed E-state index contributed by atoms with van der Waals surface area (Å²) in [4.78, 5) is 23.0. The fraction of sp³-hybridized carbons (Fsp3) is 0.333. The van der Waals surface area contributed by atoms with Gasteiger partial charge in [0.2, 0.25) is 0 Å². The molecule has 1 N–H and O–H groups in total. The van der Waals surface area contributed by atoms with E-state index in [4.69, 9.17) is 4.74 Å². The number of carbonyl (C=O) groups is 2. The molecule has 20 heavy (non-hydrogen) atoms. The van der Waals surface area contributed by atoms with E-state index in [1.54, 1.807) is 13.0 Å².